The fourth-order valence-corrected chi connectivity index (χ4v) is 1.92. The van der Waals surface area contributed by atoms with Gasteiger partial charge < -0.3 is 19.7 Å². The molecular formula is C9H15NO4. The molecule has 0 aliphatic carbocycles. The number of aliphatic imine (C=N–C) groups is 1. The third-order valence-corrected chi connectivity index (χ3v) is 2.86. The van der Waals surface area contributed by atoms with Gasteiger partial charge in [0.2, 0.25) is 6.29 Å². The molecule has 14 heavy (non-hydrogen) atoms. The summed E-state index contributed by atoms with van der Waals surface area (Å²) in [5, 5.41) is 18.9. The Hall–Kier alpha value is -0.650. The van der Waals surface area contributed by atoms with Crippen molar-refractivity contribution in [3.05, 3.63) is 0 Å². The molecule has 5 heteroatoms. The summed E-state index contributed by atoms with van der Waals surface area (Å²) in [7, 11) is 0. The van der Waals surface area contributed by atoms with E-state index in [4.69, 9.17) is 14.6 Å². The molecule has 2 N–H and O–H groups in total. The van der Waals surface area contributed by atoms with Crippen LogP contribution in [0.4, 0.5) is 0 Å². The Morgan fingerprint density at radius 3 is 2.86 bits per heavy atom. The summed E-state index contributed by atoms with van der Waals surface area (Å²) in [4.78, 5) is 4.15. The molecule has 2 heterocycles. The molecule has 2 aliphatic heterocycles. The van der Waals surface area contributed by atoms with Gasteiger partial charge in [-0.05, 0) is 0 Å². The lowest BCUT2D eigenvalue weighted by Gasteiger charge is -2.37. The lowest BCUT2D eigenvalue weighted by atomic mass is 9.90. The molecule has 0 bridgehead atoms. The van der Waals surface area contributed by atoms with Gasteiger partial charge in [-0.3, -0.25) is 0 Å². The van der Waals surface area contributed by atoms with Gasteiger partial charge in [0.1, 0.15) is 6.04 Å². The molecule has 0 saturated carbocycles. The average Bonchev–Trinajstić information content (AvgIpc) is 2.52. The number of fused-ring (bicyclic) bond motifs is 1. The third kappa shape index (κ3) is 1.41. The summed E-state index contributed by atoms with van der Waals surface area (Å²) >= 11 is 0. The summed E-state index contributed by atoms with van der Waals surface area (Å²) in [6, 6.07) is -0.340. The second-order valence-electron chi connectivity index (χ2n) is 3.83. The molecule has 0 aromatic carbocycles. The Bertz CT molecular complexity index is 255. The average molecular weight is 201 g/mol. The maximum absolute atomic E-state index is 9.89. The molecule has 0 aromatic heterocycles. The number of rotatable bonds is 1. The first-order valence-electron chi connectivity index (χ1n) is 4.79. The fourth-order valence-electron chi connectivity index (χ4n) is 1.92. The molecular weight excluding hydrogens is 186 g/mol. The number of aliphatic hydroxyl groups is 2. The molecule has 1 saturated heterocycles. The van der Waals surface area contributed by atoms with E-state index in [0.717, 1.165) is 0 Å². The van der Waals surface area contributed by atoms with Crippen LogP contribution in [0.5, 0.6) is 0 Å². The Balaban J connectivity index is 2.14. The number of ether oxygens (including phenoxy) is 2. The molecule has 80 valence electrons. The van der Waals surface area contributed by atoms with Crippen LogP contribution in [0.25, 0.3) is 0 Å². The predicted octanol–water partition coefficient (Wildman–Crippen LogP) is -0.482. The quantitative estimate of drug-likeness (QED) is 0.601. The van der Waals surface area contributed by atoms with Gasteiger partial charge in [-0.1, -0.05) is 6.92 Å². The highest BCUT2D eigenvalue weighted by molar-refractivity contribution is 5.75. The molecule has 5 nitrogen and oxygen atoms in total. The van der Waals surface area contributed by atoms with Crippen molar-refractivity contribution in [2.24, 2.45) is 10.9 Å². The van der Waals surface area contributed by atoms with E-state index in [9.17, 15) is 5.11 Å². The van der Waals surface area contributed by atoms with E-state index in [1.165, 1.54) is 0 Å². The molecule has 0 spiro atoms. The molecule has 0 radical (unpaired) electrons. The van der Waals surface area contributed by atoms with Gasteiger partial charge in [-0.15, -0.1) is 0 Å². The van der Waals surface area contributed by atoms with Crippen LogP contribution in [0.2, 0.25) is 0 Å². The van der Waals surface area contributed by atoms with Crippen molar-refractivity contribution >= 4 is 5.90 Å². The minimum atomic E-state index is -0.608. The van der Waals surface area contributed by atoms with Gasteiger partial charge in [0, 0.05) is 12.8 Å². The van der Waals surface area contributed by atoms with Gasteiger partial charge >= 0.3 is 0 Å². The van der Waals surface area contributed by atoms with Gasteiger partial charge in [0.15, 0.2) is 5.90 Å². The Kier molecular flexibility index (Phi) is 2.47. The maximum Gasteiger partial charge on any atom is 0.226 e. The van der Waals surface area contributed by atoms with E-state index < -0.39 is 12.4 Å². The van der Waals surface area contributed by atoms with Crippen LogP contribution in [0.15, 0.2) is 4.99 Å². The molecule has 5 unspecified atom stereocenters. The fraction of sp³-hybridized carbons (Fsp3) is 0.889. The Labute approximate surface area is 82.4 Å². The molecule has 0 amide bonds. The van der Waals surface area contributed by atoms with Crippen LogP contribution in [-0.2, 0) is 9.47 Å². The summed E-state index contributed by atoms with van der Waals surface area (Å²) in [6.07, 6.45) is -1.51. The van der Waals surface area contributed by atoms with Crippen molar-refractivity contribution in [3.63, 3.8) is 0 Å². The van der Waals surface area contributed by atoms with Crippen molar-refractivity contribution in [3.8, 4) is 0 Å². The maximum atomic E-state index is 9.89. The molecule has 2 aliphatic rings. The largest absolute Gasteiger partial charge is 0.450 e. The van der Waals surface area contributed by atoms with Gasteiger partial charge in [0.25, 0.3) is 0 Å². The number of hydrogen-bond donors (Lipinski definition) is 2. The van der Waals surface area contributed by atoms with E-state index in [-0.39, 0.29) is 24.7 Å². The highest BCUT2D eigenvalue weighted by Gasteiger charge is 2.46. The second-order valence-corrected chi connectivity index (χ2v) is 3.83. The SMILES string of the molecule is CC1=NC2C(O1)OC(CO)C(C)C2O. The summed E-state index contributed by atoms with van der Waals surface area (Å²) in [5.41, 5.74) is 0. The van der Waals surface area contributed by atoms with Crippen LogP contribution in [0.3, 0.4) is 0 Å². The van der Waals surface area contributed by atoms with Crippen LogP contribution in [-0.4, -0.2) is 47.3 Å². The van der Waals surface area contributed by atoms with Crippen LogP contribution >= 0.6 is 0 Å². The van der Waals surface area contributed by atoms with E-state index in [0.29, 0.717) is 5.90 Å². The van der Waals surface area contributed by atoms with Crippen LogP contribution in [0, 0.1) is 5.92 Å². The Morgan fingerprint density at radius 2 is 2.21 bits per heavy atom. The first-order chi connectivity index (χ1) is 6.63. The number of aliphatic hydroxyl groups excluding tert-OH is 2. The standard InChI is InChI=1S/C9H15NO4/c1-4-6(3-11)14-9-7(8(4)12)10-5(2)13-9/h4,6-9,11-12H,3H2,1-2H3. The van der Waals surface area contributed by atoms with Gasteiger partial charge in [-0.2, -0.15) is 0 Å². The summed E-state index contributed by atoms with van der Waals surface area (Å²) in [6.45, 7) is 3.46. The second kappa shape index (κ2) is 3.49. The van der Waals surface area contributed by atoms with E-state index in [1.807, 2.05) is 6.92 Å². The third-order valence-electron chi connectivity index (χ3n) is 2.86. The number of hydrogen-bond acceptors (Lipinski definition) is 5. The Morgan fingerprint density at radius 1 is 1.50 bits per heavy atom. The highest BCUT2D eigenvalue weighted by Crippen LogP contribution is 2.31. The van der Waals surface area contributed by atoms with E-state index in [2.05, 4.69) is 4.99 Å². The molecule has 0 aromatic rings. The zero-order valence-electron chi connectivity index (χ0n) is 8.25. The van der Waals surface area contributed by atoms with E-state index >= 15 is 0 Å². The zero-order chi connectivity index (χ0) is 10.3. The first kappa shape index (κ1) is 9.89. The van der Waals surface area contributed by atoms with Crippen molar-refractivity contribution < 1.29 is 19.7 Å². The lowest BCUT2D eigenvalue weighted by molar-refractivity contribution is -0.212. The topological polar surface area (TPSA) is 71.3 Å². The van der Waals surface area contributed by atoms with Crippen molar-refractivity contribution in [1.82, 2.24) is 0 Å². The minimum Gasteiger partial charge on any atom is -0.450 e. The first-order valence-corrected chi connectivity index (χ1v) is 4.79. The van der Waals surface area contributed by atoms with Gasteiger partial charge in [0.05, 0.1) is 18.8 Å². The summed E-state index contributed by atoms with van der Waals surface area (Å²) < 4.78 is 10.7. The van der Waals surface area contributed by atoms with E-state index in [1.54, 1.807) is 6.92 Å². The van der Waals surface area contributed by atoms with Crippen LogP contribution in [0.1, 0.15) is 13.8 Å². The lowest BCUT2D eigenvalue weighted by Crippen LogP contribution is -2.52. The smallest absolute Gasteiger partial charge is 0.226 e. The number of nitrogens with zero attached hydrogens (tertiary/aromatic N) is 1. The van der Waals surface area contributed by atoms with Crippen LogP contribution < -0.4 is 0 Å². The minimum absolute atomic E-state index is 0.107. The zero-order valence-corrected chi connectivity index (χ0v) is 8.25. The monoisotopic (exact) mass is 201 g/mol. The molecule has 2 rings (SSSR count). The van der Waals surface area contributed by atoms with Crippen molar-refractivity contribution in [2.75, 3.05) is 6.61 Å². The highest BCUT2D eigenvalue weighted by atomic mass is 16.7. The molecule has 5 atom stereocenters. The van der Waals surface area contributed by atoms with Gasteiger partial charge in [-0.25, -0.2) is 4.99 Å². The molecule has 1 fully saturated rings. The normalized spacial score (nSPS) is 46.9. The van der Waals surface area contributed by atoms with Crippen molar-refractivity contribution in [1.29, 1.82) is 0 Å². The summed E-state index contributed by atoms with van der Waals surface area (Å²) in [5.74, 6) is 0.407. The van der Waals surface area contributed by atoms with Crippen molar-refractivity contribution in [2.45, 2.75) is 38.4 Å². The predicted molar refractivity (Wildman–Crippen MR) is 48.9 cm³/mol.